The highest BCUT2D eigenvalue weighted by molar-refractivity contribution is 5.73. The van der Waals surface area contributed by atoms with E-state index in [9.17, 15) is 4.79 Å². The Morgan fingerprint density at radius 3 is 2.87 bits per heavy atom. The van der Waals surface area contributed by atoms with E-state index in [1.54, 1.807) is 6.92 Å². The van der Waals surface area contributed by atoms with E-state index < -0.39 is 0 Å². The first kappa shape index (κ1) is 15.7. The summed E-state index contributed by atoms with van der Waals surface area (Å²) in [4.78, 5) is 18.1. The minimum absolute atomic E-state index is 0.0448. The number of likely N-dealkylation sites (tertiary alicyclic amines) is 1. The Bertz CT molecular complexity index is 639. The van der Waals surface area contributed by atoms with Crippen LogP contribution >= 0.6 is 0 Å². The summed E-state index contributed by atoms with van der Waals surface area (Å²) in [6.45, 7) is 2.39. The van der Waals surface area contributed by atoms with E-state index in [1.165, 1.54) is 5.56 Å². The molecular weight excluding hydrogens is 290 g/mol. The third-order valence-electron chi connectivity index (χ3n) is 4.38. The molecule has 0 radical (unpaired) electrons. The summed E-state index contributed by atoms with van der Waals surface area (Å²) < 4.78 is 5.43. The van der Waals surface area contributed by atoms with Crippen molar-refractivity contribution < 1.29 is 9.32 Å². The van der Waals surface area contributed by atoms with Crippen LogP contribution in [0.15, 0.2) is 34.9 Å². The summed E-state index contributed by atoms with van der Waals surface area (Å²) in [5.74, 6) is 1.41. The summed E-state index contributed by atoms with van der Waals surface area (Å²) in [7, 11) is 0. The van der Waals surface area contributed by atoms with Gasteiger partial charge in [0.1, 0.15) is 6.04 Å². The van der Waals surface area contributed by atoms with Crippen molar-refractivity contribution in [2.24, 2.45) is 0 Å². The molecule has 1 aromatic carbocycles. The highest BCUT2D eigenvalue weighted by atomic mass is 16.5. The van der Waals surface area contributed by atoms with Gasteiger partial charge in [-0.2, -0.15) is 4.98 Å². The Morgan fingerprint density at radius 2 is 2.09 bits per heavy atom. The number of piperidine rings is 1. The molecule has 1 atom stereocenters. The van der Waals surface area contributed by atoms with Gasteiger partial charge in [0, 0.05) is 19.9 Å². The third kappa shape index (κ3) is 3.97. The summed E-state index contributed by atoms with van der Waals surface area (Å²) in [6, 6.07) is 10.4. The van der Waals surface area contributed by atoms with Crippen molar-refractivity contribution in [1.29, 1.82) is 0 Å². The Hall–Kier alpha value is -2.17. The molecule has 1 amide bonds. The summed E-state index contributed by atoms with van der Waals surface area (Å²) in [5.41, 5.74) is 1.33. The monoisotopic (exact) mass is 313 g/mol. The van der Waals surface area contributed by atoms with E-state index in [-0.39, 0.29) is 11.9 Å². The first-order chi connectivity index (χ1) is 11.2. The Kier molecular flexibility index (Phi) is 5.05. The lowest BCUT2D eigenvalue weighted by Gasteiger charge is -2.32. The Morgan fingerprint density at radius 1 is 1.26 bits per heavy atom. The topological polar surface area (TPSA) is 59.2 Å². The molecule has 2 heterocycles. The van der Waals surface area contributed by atoms with Gasteiger partial charge in [-0.25, -0.2) is 0 Å². The predicted molar refractivity (Wildman–Crippen MR) is 86.7 cm³/mol. The molecule has 3 rings (SSSR count). The van der Waals surface area contributed by atoms with Gasteiger partial charge in [-0.05, 0) is 37.7 Å². The number of benzene rings is 1. The average Bonchev–Trinajstić information content (AvgIpc) is 3.04. The molecule has 0 saturated carbocycles. The molecule has 0 aliphatic carbocycles. The SMILES string of the molecule is CC(=O)N1CCCCC1c1nc(CCCc2ccccc2)no1. The van der Waals surface area contributed by atoms with Gasteiger partial charge in [-0.15, -0.1) is 0 Å². The van der Waals surface area contributed by atoms with Crippen LogP contribution in [-0.4, -0.2) is 27.5 Å². The lowest BCUT2D eigenvalue weighted by atomic mass is 10.0. The lowest BCUT2D eigenvalue weighted by Crippen LogP contribution is -2.37. The number of carbonyl (C=O) groups is 1. The average molecular weight is 313 g/mol. The lowest BCUT2D eigenvalue weighted by molar-refractivity contribution is -0.133. The van der Waals surface area contributed by atoms with Crippen molar-refractivity contribution in [3.8, 4) is 0 Å². The van der Waals surface area contributed by atoms with Crippen molar-refractivity contribution in [3.63, 3.8) is 0 Å². The summed E-state index contributed by atoms with van der Waals surface area (Å²) >= 11 is 0. The van der Waals surface area contributed by atoms with Crippen LogP contribution in [-0.2, 0) is 17.6 Å². The largest absolute Gasteiger partial charge is 0.337 e. The quantitative estimate of drug-likeness (QED) is 0.849. The molecular formula is C18H23N3O2. The number of rotatable bonds is 5. The van der Waals surface area contributed by atoms with Crippen LogP contribution in [0.5, 0.6) is 0 Å². The highest BCUT2D eigenvalue weighted by Gasteiger charge is 2.30. The van der Waals surface area contributed by atoms with Gasteiger partial charge in [-0.1, -0.05) is 35.5 Å². The number of aryl methyl sites for hydroxylation is 2. The molecule has 1 aromatic heterocycles. The first-order valence-corrected chi connectivity index (χ1v) is 8.37. The zero-order valence-electron chi connectivity index (χ0n) is 13.6. The molecule has 1 saturated heterocycles. The third-order valence-corrected chi connectivity index (χ3v) is 4.38. The van der Waals surface area contributed by atoms with E-state index in [1.807, 2.05) is 11.0 Å². The van der Waals surface area contributed by atoms with Crippen molar-refractivity contribution >= 4 is 5.91 Å². The second kappa shape index (κ2) is 7.40. The molecule has 1 aliphatic rings. The molecule has 23 heavy (non-hydrogen) atoms. The van der Waals surface area contributed by atoms with Gasteiger partial charge in [0.15, 0.2) is 5.82 Å². The van der Waals surface area contributed by atoms with Crippen LogP contribution in [0.3, 0.4) is 0 Å². The van der Waals surface area contributed by atoms with E-state index >= 15 is 0 Å². The number of carbonyl (C=O) groups excluding carboxylic acids is 1. The maximum Gasteiger partial charge on any atom is 0.249 e. The first-order valence-electron chi connectivity index (χ1n) is 8.37. The summed E-state index contributed by atoms with van der Waals surface area (Å²) in [6.07, 6.45) is 5.85. The van der Waals surface area contributed by atoms with E-state index in [2.05, 4.69) is 34.4 Å². The van der Waals surface area contributed by atoms with Crippen LogP contribution in [0, 0.1) is 0 Å². The Balaban J connectivity index is 1.58. The fourth-order valence-corrected chi connectivity index (χ4v) is 3.16. The van der Waals surface area contributed by atoms with E-state index in [0.717, 1.165) is 50.9 Å². The fraction of sp³-hybridized carbons (Fsp3) is 0.500. The molecule has 2 aromatic rings. The van der Waals surface area contributed by atoms with Crippen molar-refractivity contribution in [1.82, 2.24) is 15.0 Å². The number of aromatic nitrogens is 2. The molecule has 1 fully saturated rings. The molecule has 5 nitrogen and oxygen atoms in total. The van der Waals surface area contributed by atoms with E-state index in [0.29, 0.717) is 5.89 Å². The molecule has 0 bridgehead atoms. The molecule has 5 heteroatoms. The summed E-state index contributed by atoms with van der Waals surface area (Å²) in [5, 5.41) is 4.09. The highest BCUT2D eigenvalue weighted by Crippen LogP contribution is 2.29. The predicted octanol–water partition coefficient (Wildman–Crippen LogP) is 3.32. The molecule has 0 N–H and O–H groups in total. The van der Waals surface area contributed by atoms with Crippen LogP contribution in [0.4, 0.5) is 0 Å². The minimum Gasteiger partial charge on any atom is -0.337 e. The zero-order chi connectivity index (χ0) is 16.1. The van der Waals surface area contributed by atoms with Gasteiger partial charge < -0.3 is 9.42 Å². The van der Waals surface area contributed by atoms with Crippen LogP contribution in [0.25, 0.3) is 0 Å². The molecule has 122 valence electrons. The van der Waals surface area contributed by atoms with Gasteiger partial charge >= 0.3 is 0 Å². The van der Waals surface area contributed by atoms with Gasteiger partial charge in [0.25, 0.3) is 0 Å². The van der Waals surface area contributed by atoms with Gasteiger partial charge in [-0.3, -0.25) is 4.79 Å². The number of hydrogen-bond donors (Lipinski definition) is 0. The fourth-order valence-electron chi connectivity index (χ4n) is 3.16. The maximum absolute atomic E-state index is 11.8. The smallest absolute Gasteiger partial charge is 0.249 e. The maximum atomic E-state index is 11.8. The zero-order valence-corrected chi connectivity index (χ0v) is 13.6. The van der Waals surface area contributed by atoms with Crippen LogP contribution in [0.2, 0.25) is 0 Å². The van der Waals surface area contributed by atoms with Crippen molar-refractivity contribution in [2.45, 2.75) is 51.5 Å². The van der Waals surface area contributed by atoms with Gasteiger partial charge in [0.2, 0.25) is 11.8 Å². The standard InChI is InChI=1S/C18H23N3O2/c1-14(22)21-13-6-5-11-16(21)18-19-17(20-23-18)12-7-10-15-8-3-2-4-9-15/h2-4,8-9,16H,5-7,10-13H2,1H3. The van der Waals surface area contributed by atoms with Crippen molar-refractivity contribution in [2.75, 3.05) is 6.54 Å². The number of hydrogen-bond acceptors (Lipinski definition) is 4. The van der Waals surface area contributed by atoms with Crippen LogP contribution in [0.1, 0.15) is 55.9 Å². The molecule has 1 aliphatic heterocycles. The molecule has 0 spiro atoms. The van der Waals surface area contributed by atoms with Gasteiger partial charge in [0.05, 0.1) is 0 Å². The van der Waals surface area contributed by atoms with Crippen LogP contribution < -0.4 is 0 Å². The minimum atomic E-state index is -0.0448. The van der Waals surface area contributed by atoms with Crippen molar-refractivity contribution in [3.05, 3.63) is 47.6 Å². The Labute approximate surface area is 136 Å². The number of amides is 1. The second-order valence-corrected chi connectivity index (χ2v) is 6.11. The molecule has 1 unspecified atom stereocenters. The number of nitrogens with zero attached hydrogens (tertiary/aromatic N) is 3. The van der Waals surface area contributed by atoms with E-state index in [4.69, 9.17) is 4.52 Å². The normalized spacial score (nSPS) is 18.1. The second-order valence-electron chi connectivity index (χ2n) is 6.11.